The number of carbonyl (C=O) groups excluding carboxylic acids is 1. The molecule has 1 aliphatic rings. The average Bonchev–Trinajstić information content (AvgIpc) is 2.07. The summed E-state index contributed by atoms with van der Waals surface area (Å²) in [4.78, 5) is 11.0. The Kier molecular flexibility index (Phi) is 1.93. The van der Waals surface area contributed by atoms with Gasteiger partial charge in [0, 0.05) is 0 Å². The highest BCUT2D eigenvalue weighted by molar-refractivity contribution is 5.71. The van der Waals surface area contributed by atoms with Crippen LogP contribution in [0.25, 0.3) is 0 Å². The van der Waals surface area contributed by atoms with Crippen LogP contribution in [0.1, 0.15) is 11.1 Å². The third kappa shape index (κ3) is 1.18. The number of hydrogen-bond donors (Lipinski definition) is 0. The largest absolute Gasteiger partial charge is 0.379 e. The van der Waals surface area contributed by atoms with Crippen LogP contribution in [0.4, 0.5) is 0 Å². The lowest BCUT2D eigenvalue weighted by molar-refractivity contribution is -0.129. The minimum absolute atomic E-state index is 0.356. The van der Waals surface area contributed by atoms with E-state index in [-0.39, 0.29) is 5.41 Å². The quantitative estimate of drug-likeness (QED) is 0.638. The van der Waals surface area contributed by atoms with E-state index in [9.17, 15) is 4.79 Å². The van der Waals surface area contributed by atoms with Crippen LogP contribution in [-0.2, 0) is 14.9 Å². The maximum Gasteiger partial charge on any atom is 0.135 e. The van der Waals surface area contributed by atoms with Crippen molar-refractivity contribution in [3.8, 4) is 0 Å². The van der Waals surface area contributed by atoms with Crippen LogP contribution in [-0.4, -0.2) is 19.5 Å². The van der Waals surface area contributed by atoms with Crippen molar-refractivity contribution in [1.82, 2.24) is 0 Å². The zero-order valence-corrected chi connectivity index (χ0v) is 7.62. The molecule has 0 N–H and O–H groups in total. The minimum atomic E-state index is -0.356. The van der Waals surface area contributed by atoms with Crippen molar-refractivity contribution < 1.29 is 9.53 Å². The summed E-state index contributed by atoms with van der Waals surface area (Å²) >= 11 is 0. The molecule has 0 unspecified atom stereocenters. The van der Waals surface area contributed by atoms with E-state index in [0.717, 1.165) is 17.4 Å². The van der Waals surface area contributed by atoms with Gasteiger partial charge in [0.15, 0.2) is 0 Å². The second-order valence-electron chi connectivity index (χ2n) is 3.58. The van der Waals surface area contributed by atoms with Crippen molar-refractivity contribution in [2.75, 3.05) is 13.2 Å². The normalized spacial score (nSPS) is 19.2. The topological polar surface area (TPSA) is 26.3 Å². The number of rotatable bonds is 2. The standard InChI is InChI=1S/C11H12O2/c1-9-4-2-3-5-10(9)11(6-12)7-13-8-11/h2-6H,7-8H2,1H3. The summed E-state index contributed by atoms with van der Waals surface area (Å²) in [6.45, 7) is 3.08. The van der Waals surface area contributed by atoms with Crippen molar-refractivity contribution in [2.24, 2.45) is 0 Å². The summed E-state index contributed by atoms with van der Waals surface area (Å²) in [5.74, 6) is 0. The second-order valence-corrected chi connectivity index (χ2v) is 3.58. The highest BCUT2D eigenvalue weighted by Gasteiger charge is 2.40. The fourth-order valence-corrected chi connectivity index (χ4v) is 1.74. The van der Waals surface area contributed by atoms with Crippen LogP contribution in [0.15, 0.2) is 24.3 Å². The summed E-state index contributed by atoms with van der Waals surface area (Å²) in [6.07, 6.45) is 1.01. The first kappa shape index (κ1) is 8.45. The van der Waals surface area contributed by atoms with E-state index in [1.54, 1.807) is 0 Å². The van der Waals surface area contributed by atoms with E-state index in [0.29, 0.717) is 13.2 Å². The van der Waals surface area contributed by atoms with Gasteiger partial charge in [-0.3, -0.25) is 0 Å². The fourth-order valence-electron chi connectivity index (χ4n) is 1.74. The average molecular weight is 176 g/mol. The molecule has 0 bridgehead atoms. The van der Waals surface area contributed by atoms with Gasteiger partial charge >= 0.3 is 0 Å². The maximum atomic E-state index is 11.0. The van der Waals surface area contributed by atoms with E-state index in [1.807, 2.05) is 31.2 Å². The van der Waals surface area contributed by atoms with Crippen molar-refractivity contribution in [3.63, 3.8) is 0 Å². The second kappa shape index (κ2) is 2.96. The lowest BCUT2D eigenvalue weighted by Crippen LogP contribution is -2.48. The molecule has 13 heavy (non-hydrogen) atoms. The number of aryl methyl sites for hydroxylation is 1. The van der Waals surface area contributed by atoms with Crippen molar-refractivity contribution in [2.45, 2.75) is 12.3 Å². The van der Waals surface area contributed by atoms with Crippen molar-refractivity contribution >= 4 is 6.29 Å². The molecule has 0 aromatic heterocycles. The molecule has 0 radical (unpaired) electrons. The molecule has 1 aromatic carbocycles. The summed E-state index contributed by atoms with van der Waals surface area (Å²) in [5.41, 5.74) is 1.92. The van der Waals surface area contributed by atoms with E-state index in [2.05, 4.69) is 0 Å². The Bertz CT molecular complexity index is 327. The van der Waals surface area contributed by atoms with E-state index >= 15 is 0 Å². The van der Waals surface area contributed by atoms with E-state index in [4.69, 9.17) is 4.74 Å². The van der Waals surface area contributed by atoms with E-state index in [1.165, 1.54) is 0 Å². The third-order valence-corrected chi connectivity index (χ3v) is 2.63. The van der Waals surface area contributed by atoms with Crippen molar-refractivity contribution in [3.05, 3.63) is 35.4 Å². The Balaban J connectivity index is 2.44. The molecule has 0 spiro atoms. The first-order chi connectivity index (χ1) is 6.28. The maximum absolute atomic E-state index is 11.0. The Morgan fingerprint density at radius 1 is 1.38 bits per heavy atom. The first-order valence-corrected chi connectivity index (χ1v) is 4.39. The van der Waals surface area contributed by atoms with Gasteiger partial charge in [0.25, 0.3) is 0 Å². The van der Waals surface area contributed by atoms with Gasteiger partial charge in [-0.25, -0.2) is 0 Å². The number of ether oxygens (including phenoxy) is 1. The number of carbonyl (C=O) groups is 1. The molecule has 2 rings (SSSR count). The fraction of sp³-hybridized carbons (Fsp3) is 0.364. The van der Waals surface area contributed by atoms with Crippen LogP contribution in [0.5, 0.6) is 0 Å². The van der Waals surface area contributed by atoms with Crippen LogP contribution in [0, 0.1) is 6.92 Å². The van der Waals surface area contributed by atoms with Gasteiger partial charge in [-0.2, -0.15) is 0 Å². The Labute approximate surface area is 77.5 Å². The zero-order valence-electron chi connectivity index (χ0n) is 7.62. The van der Waals surface area contributed by atoms with Gasteiger partial charge in [-0.05, 0) is 18.1 Å². The molecular formula is C11H12O2. The highest BCUT2D eigenvalue weighted by Crippen LogP contribution is 2.32. The summed E-state index contributed by atoms with van der Waals surface area (Å²) < 4.78 is 5.11. The summed E-state index contributed by atoms with van der Waals surface area (Å²) in [6, 6.07) is 7.98. The molecule has 1 aromatic rings. The molecule has 1 heterocycles. The molecule has 1 fully saturated rings. The molecule has 0 saturated carbocycles. The van der Waals surface area contributed by atoms with Crippen molar-refractivity contribution in [1.29, 1.82) is 0 Å². The Morgan fingerprint density at radius 3 is 2.54 bits per heavy atom. The molecule has 1 aliphatic heterocycles. The molecule has 0 atom stereocenters. The molecular weight excluding hydrogens is 164 g/mol. The van der Waals surface area contributed by atoms with Crippen LogP contribution >= 0.6 is 0 Å². The lowest BCUT2D eigenvalue weighted by atomic mass is 9.78. The smallest absolute Gasteiger partial charge is 0.135 e. The number of aldehydes is 1. The first-order valence-electron chi connectivity index (χ1n) is 4.39. The van der Waals surface area contributed by atoms with Gasteiger partial charge in [-0.1, -0.05) is 24.3 Å². The zero-order chi connectivity index (χ0) is 9.31. The molecule has 0 amide bonds. The van der Waals surface area contributed by atoms with Gasteiger partial charge < -0.3 is 9.53 Å². The van der Waals surface area contributed by atoms with Crippen LogP contribution in [0.3, 0.4) is 0 Å². The monoisotopic (exact) mass is 176 g/mol. The van der Waals surface area contributed by atoms with Gasteiger partial charge in [0.2, 0.25) is 0 Å². The Hall–Kier alpha value is -1.15. The summed E-state index contributed by atoms with van der Waals surface area (Å²) in [5, 5.41) is 0. The molecule has 68 valence electrons. The molecule has 1 saturated heterocycles. The third-order valence-electron chi connectivity index (χ3n) is 2.63. The van der Waals surface area contributed by atoms with Crippen LogP contribution in [0.2, 0.25) is 0 Å². The summed E-state index contributed by atoms with van der Waals surface area (Å²) in [7, 11) is 0. The predicted molar refractivity (Wildman–Crippen MR) is 49.7 cm³/mol. The highest BCUT2D eigenvalue weighted by atomic mass is 16.5. The SMILES string of the molecule is Cc1ccccc1C1(C=O)COC1. The molecule has 2 heteroatoms. The van der Waals surface area contributed by atoms with Gasteiger partial charge in [-0.15, -0.1) is 0 Å². The predicted octanol–water partition coefficient (Wildman–Crippen LogP) is 1.46. The number of hydrogen-bond acceptors (Lipinski definition) is 2. The lowest BCUT2D eigenvalue weighted by Gasteiger charge is -2.37. The van der Waals surface area contributed by atoms with Gasteiger partial charge in [0.1, 0.15) is 6.29 Å². The van der Waals surface area contributed by atoms with Crippen LogP contribution < -0.4 is 0 Å². The molecule has 2 nitrogen and oxygen atoms in total. The molecule has 0 aliphatic carbocycles. The van der Waals surface area contributed by atoms with Gasteiger partial charge in [0.05, 0.1) is 18.6 Å². The number of benzene rings is 1. The minimum Gasteiger partial charge on any atom is -0.379 e. The Morgan fingerprint density at radius 2 is 2.08 bits per heavy atom. The van der Waals surface area contributed by atoms with E-state index < -0.39 is 0 Å².